The number of nitrogens with two attached hydrogens (primary N) is 2. The highest BCUT2D eigenvalue weighted by Crippen LogP contribution is 2.27. The van der Waals surface area contributed by atoms with Crippen LogP contribution in [0.3, 0.4) is 0 Å². The van der Waals surface area contributed by atoms with Crippen molar-refractivity contribution in [1.82, 2.24) is 0 Å². The fourth-order valence-corrected chi connectivity index (χ4v) is 6.62. The molecule has 8 nitrogen and oxygen atoms in total. The van der Waals surface area contributed by atoms with Gasteiger partial charge in [-0.05, 0) is 93.3 Å². The normalized spacial score (nSPS) is 12.0. The second-order valence-electron chi connectivity index (χ2n) is 9.18. The van der Waals surface area contributed by atoms with E-state index in [0.717, 1.165) is 21.5 Å². The third kappa shape index (κ3) is 6.16. The maximum Gasteiger partial charge on any atom is 0.236 e. The Morgan fingerprint density at radius 3 is 1.24 bits per heavy atom. The molecule has 38 heavy (non-hydrogen) atoms. The molecule has 5 aromatic rings. The molecule has 0 aliphatic carbocycles. The molecule has 0 saturated heterocycles. The van der Waals surface area contributed by atoms with Crippen LogP contribution in [0.5, 0.6) is 0 Å². The summed E-state index contributed by atoms with van der Waals surface area (Å²) in [6, 6.07) is 28.0. The lowest BCUT2D eigenvalue weighted by Crippen LogP contribution is -2.15. The van der Waals surface area contributed by atoms with Crippen molar-refractivity contribution in [1.29, 1.82) is 0 Å². The van der Waals surface area contributed by atoms with Crippen molar-refractivity contribution in [3.05, 3.63) is 108 Å². The standard InChI is InChI=1S/C28H26N4O4S2/c29-25-5-9-27(10-6-25)31-37(33,34)17-19-1-3-21-15-22-4-2-20(14-24(22)16-23(21)13-19)18-38(35,36)32-28-11-7-26(30)8-12-28/h1-16,31-32H,17-18,29-30H2. The molecule has 0 aliphatic heterocycles. The van der Waals surface area contributed by atoms with Crippen molar-refractivity contribution in [2.24, 2.45) is 0 Å². The van der Waals surface area contributed by atoms with Gasteiger partial charge in [0.15, 0.2) is 0 Å². The van der Waals surface area contributed by atoms with Crippen LogP contribution < -0.4 is 20.9 Å². The van der Waals surface area contributed by atoms with E-state index in [9.17, 15) is 16.8 Å². The fourth-order valence-electron chi connectivity index (χ4n) is 4.25. The van der Waals surface area contributed by atoms with Crippen LogP contribution in [0.15, 0.2) is 97.1 Å². The molecular formula is C28H26N4O4S2. The molecule has 0 aromatic heterocycles. The van der Waals surface area contributed by atoms with Crippen molar-refractivity contribution in [3.63, 3.8) is 0 Å². The summed E-state index contributed by atoms with van der Waals surface area (Å²) in [5, 5.41) is 3.63. The van der Waals surface area contributed by atoms with Crippen LogP contribution in [0.1, 0.15) is 11.1 Å². The third-order valence-electron chi connectivity index (χ3n) is 6.01. The minimum Gasteiger partial charge on any atom is -0.399 e. The topological polar surface area (TPSA) is 144 Å². The lowest BCUT2D eigenvalue weighted by Gasteiger charge is -2.11. The van der Waals surface area contributed by atoms with Gasteiger partial charge in [0.1, 0.15) is 0 Å². The van der Waals surface area contributed by atoms with Gasteiger partial charge < -0.3 is 11.5 Å². The summed E-state index contributed by atoms with van der Waals surface area (Å²) in [5.41, 5.74) is 14.6. The van der Waals surface area contributed by atoms with Gasteiger partial charge in [0.2, 0.25) is 20.0 Å². The van der Waals surface area contributed by atoms with Gasteiger partial charge in [0, 0.05) is 22.7 Å². The molecule has 0 radical (unpaired) electrons. The van der Waals surface area contributed by atoms with Crippen LogP contribution in [-0.2, 0) is 31.6 Å². The first-order chi connectivity index (χ1) is 18.0. The molecule has 5 aromatic carbocycles. The summed E-state index contributed by atoms with van der Waals surface area (Å²) in [4.78, 5) is 0. The number of benzene rings is 5. The Hall–Kier alpha value is -4.28. The van der Waals surface area contributed by atoms with Gasteiger partial charge in [0.05, 0.1) is 11.5 Å². The molecule has 0 saturated carbocycles. The fraction of sp³-hybridized carbons (Fsp3) is 0.0714. The van der Waals surface area contributed by atoms with E-state index in [1.165, 1.54) is 0 Å². The van der Waals surface area contributed by atoms with E-state index < -0.39 is 20.0 Å². The smallest absolute Gasteiger partial charge is 0.236 e. The van der Waals surface area contributed by atoms with E-state index in [0.29, 0.717) is 33.9 Å². The lowest BCUT2D eigenvalue weighted by molar-refractivity contribution is 0.598. The summed E-state index contributed by atoms with van der Waals surface area (Å²) in [6.45, 7) is 0. The Kier molecular flexibility index (Phi) is 6.60. The van der Waals surface area contributed by atoms with Crippen molar-refractivity contribution >= 4 is 64.3 Å². The molecular weight excluding hydrogens is 520 g/mol. The molecule has 0 fully saturated rings. The molecule has 0 bridgehead atoms. The van der Waals surface area contributed by atoms with Gasteiger partial charge in [-0.2, -0.15) is 0 Å². The maximum atomic E-state index is 12.7. The van der Waals surface area contributed by atoms with E-state index in [-0.39, 0.29) is 11.5 Å². The number of anilines is 4. The molecule has 0 amide bonds. The number of sulfonamides is 2. The number of hydrogen-bond donors (Lipinski definition) is 4. The number of rotatable bonds is 8. The molecule has 0 aliphatic rings. The number of hydrogen-bond acceptors (Lipinski definition) is 6. The van der Waals surface area contributed by atoms with Gasteiger partial charge in [-0.15, -0.1) is 0 Å². The Labute approximate surface area is 221 Å². The molecule has 6 N–H and O–H groups in total. The number of nitrogen functional groups attached to an aromatic ring is 2. The first-order valence-corrected chi connectivity index (χ1v) is 15.0. The molecule has 5 rings (SSSR count). The minimum absolute atomic E-state index is 0.194. The van der Waals surface area contributed by atoms with E-state index in [2.05, 4.69) is 9.44 Å². The predicted molar refractivity (Wildman–Crippen MR) is 156 cm³/mol. The van der Waals surface area contributed by atoms with Crippen LogP contribution in [0.4, 0.5) is 22.7 Å². The van der Waals surface area contributed by atoms with E-state index in [1.807, 2.05) is 36.4 Å². The SMILES string of the molecule is Nc1ccc(NS(=O)(=O)Cc2ccc3cc4ccc(CS(=O)(=O)Nc5ccc(N)cc5)cc4cc3c2)cc1. The lowest BCUT2D eigenvalue weighted by atomic mass is 10.0. The average molecular weight is 547 g/mol. The molecule has 194 valence electrons. The van der Waals surface area contributed by atoms with Crippen molar-refractivity contribution in [2.75, 3.05) is 20.9 Å². The van der Waals surface area contributed by atoms with Gasteiger partial charge in [-0.25, -0.2) is 16.8 Å². The summed E-state index contributed by atoms with van der Waals surface area (Å²) in [6.07, 6.45) is 0. The molecule has 0 atom stereocenters. The largest absolute Gasteiger partial charge is 0.399 e. The minimum atomic E-state index is -3.64. The van der Waals surface area contributed by atoms with Crippen LogP contribution >= 0.6 is 0 Å². The quantitative estimate of drug-likeness (QED) is 0.158. The number of nitrogens with one attached hydrogen (secondary N) is 2. The zero-order valence-corrected chi connectivity index (χ0v) is 21.9. The molecule has 0 unspecified atom stereocenters. The second-order valence-corrected chi connectivity index (χ2v) is 12.6. The highest BCUT2D eigenvalue weighted by molar-refractivity contribution is 7.92. The Bertz CT molecular complexity index is 1720. The molecule has 10 heteroatoms. The monoisotopic (exact) mass is 546 g/mol. The van der Waals surface area contributed by atoms with E-state index >= 15 is 0 Å². The second kappa shape index (κ2) is 9.88. The van der Waals surface area contributed by atoms with Gasteiger partial charge in [0.25, 0.3) is 0 Å². The van der Waals surface area contributed by atoms with Crippen molar-refractivity contribution < 1.29 is 16.8 Å². The maximum absolute atomic E-state index is 12.7. The highest BCUT2D eigenvalue weighted by atomic mass is 32.2. The first-order valence-electron chi connectivity index (χ1n) is 11.7. The van der Waals surface area contributed by atoms with Crippen LogP contribution in [0.2, 0.25) is 0 Å². The Balaban J connectivity index is 1.37. The molecule has 0 spiro atoms. The van der Waals surface area contributed by atoms with Gasteiger partial charge in [-0.3, -0.25) is 9.44 Å². The van der Waals surface area contributed by atoms with Crippen molar-refractivity contribution in [3.8, 4) is 0 Å². The Morgan fingerprint density at radius 2 is 0.842 bits per heavy atom. The van der Waals surface area contributed by atoms with Crippen LogP contribution in [-0.4, -0.2) is 16.8 Å². The first kappa shape index (κ1) is 25.4. The zero-order valence-electron chi connectivity index (χ0n) is 20.3. The number of fused-ring (bicyclic) bond motifs is 2. The summed E-state index contributed by atoms with van der Waals surface area (Å²) in [5.74, 6) is -0.388. The summed E-state index contributed by atoms with van der Waals surface area (Å²) < 4.78 is 56.0. The Morgan fingerprint density at radius 1 is 0.474 bits per heavy atom. The highest BCUT2D eigenvalue weighted by Gasteiger charge is 2.14. The summed E-state index contributed by atoms with van der Waals surface area (Å²) >= 11 is 0. The zero-order chi connectivity index (χ0) is 26.9. The van der Waals surface area contributed by atoms with E-state index in [4.69, 9.17) is 11.5 Å². The third-order valence-corrected chi connectivity index (χ3v) is 8.53. The molecule has 0 heterocycles. The van der Waals surface area contributed by atoms with E-state index in [1.54, 1.807) is 60.7 Å². The van der Waals surface area contributed by atoms with Gasteiger partial charge >= 0.3 is 0 Å². The van der Waals surface area contributed by atoms with Crippen LogP contribution in [0, 0.1) is 0 Å². The van der Waals surface area contributed by atoms with Crippen molar-refractivity contribution in [2.45, 2.75) is 11.5 Å². The van der Waals surface area contributed by atoms with Crippen LogP contribution in [0.25, 0.3) is 21.5 Å². The van der Waals surface area contributed by atoms with Gasteiger partial charge in [-0.1, -0.05) is 36.4 Å². The predicted octanol–water partition coefficient (Wildman–Crippen LogP) is 5.04. The summed E-state index contributed by atoms with van der Waals surface area (Å²) in [7, 11) is -7.28. The average Bonchev–Trinajstić information content (AvgIpc) is 2.85.